The van der Waals surface area contributed by atoms with E-state index in [4.69, 9.17) is 9.97 Å². The van der Waals surface area contributed by atoms with Gasteiger partial charge in [-0.25, -0.2) is 9.97 Å². The summed E-state index contributed by atoms with van der Waals surface area (Å²) in [6.07, 6.45) is 4.68. The average molecular weight is 247 g/mol. The lowest BCUT2D eigenvalue weighted by atomic mass is 9.98. The average Bonchev–Trinajstić information content (AvgIpc) is 2.40. The molecule has 1 N–H and O–H groups in total. The van der Waals surface area contributed by atoms with Gasteiger partial charge in [-0.3, -0.25) is 0 Å². The Hall–Kier alpha value is -0.960. The molecule has 0 aliphatic carbocycles. The number of nitrogens with zero attached hydrogens (tertiary/aromatic N) is 2. The van der Waals surface area contributed by atoms with Crippen molar-refractivity contribution in [2.45, 2.75) is 58.3 Å². The van der Waals surface area contributed by atoms with Crippen LogP contribution in [0.4, 0.5) is 0 Å². The van der Waals surface area contributed by atoms with Gasteiger partial charge in [0.05, 0.1) is 0 Å². The number of aryl methyl sites for hydroxylation is 1. The maximum atomic E-state index is 4.79. The Labute approximate surface area is 110 Å². The first-order chi connectivity index (χ1) is 8.70. The van der Waals surface area contributed by atoms with Gasteiger partial charge in [0.25, 0.3) is 0 Å². The van der Waals surface area contributed by atoms with E-state index in [-0.39, 0.29) is 0 Å². The first-order valence-electron chi connectivity index (χ1n) is 7.29. The summed E-state index contributed by atoms with van der Waals surface area (Å²) in [5.41, 5.74) is 2.42. The number of rotatable bonds is 4. The third-order valence-corrected chi connectivity index (χ3v) is 3.58. The molecular formula is C15H25N3. The number of nitrogens with one attached hydrogen (secondary N) is 1. The molecule has 100 valence electrons. The lowest BCUT2D eigenvalue weighted by Crippen LogP contribution is -2.29. The monoisotopic (exact) mass is 247 g/mol. The first kappa shape index (κ1) is 13.5. The van der Waals surface area contributed by atoms with Crippen molar-refractivity contribution in [3.05, 3.63) is 23.3 Å². The van der Waals surface area contributed by atoms with Crippen LogP contribution in [0.5, 0.6) is 0 Å². The molecule has 1 fully saturated rings. The van der Waals surface area contributed by atoms with E-state index in [1.165, 1.54) is 24.2 Å². The van der Waals surface area contributed by atoms with Crippen molar-refractivity contribution in [2.75, 3.05) is 13.1 Å². The number of hydrogen-bond donors (Lipinski definition) is 1. The van der Waals surface area contributed by atoms with E-state index in [1.54, 1.807) is 0 Å². The van der Waals surface area contributed by atoms with E-state index in [0.717, 1.165) is 31.8 Å². The summed E-state index contributed by atoms with van der Waals surface area (Å²) >= 11 is 0. The highest BCUT2D eigenvalue weighted by Crippen LogP contribution is 2.23. The molecule has 1 atom stereocenters. The van der Waals surface area contributed by atoms with Crippen LogP contribution in [0.25, 0.3) is 0 Å². The van der Waals surface area contributed by atoms with Crippen LogP contribution in [-0.4, -0.2) is 23.1 Å². The summed E-state index contributed by atoms with van der Waals surface area (Å²) in [6, 6.07) is 2.19. The molecule has 0 aromatic carbocycles. The Morgan fingerprint density at radius 3 is 2.83 bits per heavy atom. The molecule has 1 unspecified atom stereocenters. The molecule has 0 spiro atoms. The molecule has 2 rings (SSSR count). The maximum absolute atomic E-state index is 4.79. The SMILES string of the molecule is CCCc1cc(C(C)C)nc(C2CCCNC2)n1. The van der Waals surface area contributed by atoms with Crippen molar-refractivity contribution in [3.63, 3.8) is 0 Å². The van der Waals surface area contributed by atoms with Crippen LogP contribution < -0.4 is 5.32 Å². The van der Waals surface area contributed by atoms with Gasteiger partial charge < -0.3 is 5.32 Å². The highest BCUT2D eigenvalue weighted by atomic mass is 14.9. The van der Waals surface area contributed by atoms with E-state index in [2.05, 4.69) is 32.2 Å². The predicted molar refractivity (Wildman–Crippen MR) is 75.0 cm³/mol. The highest BCUT2D eigenvalue weighted by molar-refractivity contribution is 5.16. The summed E-state index contributed by atoms with van der Waals surface area (Å²) in [4.78, 5) is 9.57. The van der Waals surface area contributed by atoms with Gasteiger partial charge in [0.1, 0.15) is 5.82 Å². The normalized spacial score (nSPS) is 20.3. The van der Waals surface area contributed by atoms with Gasteiger partial charge in [-0.2, -0.15) is 0 Å². The van der Waals surface area contributed by atoms with Crippen molar-refractivity contribution >= 4 is 0 Å². The molecule has 18 heavy (non-hydrogen) atoms. The molecule has 1 aliphatic heterocycles. The molecule has 0 saturated carbocycles. The minimum absolute atomic E-state index is 0.485. The third-order valence-electron chi connectivity index (χ3n) is 3.58. The molecule has 0 bridgehead atoms. The Balaban J connectivity index is 2.26. The molecule has 3 nitrogen and oxygen atoms in total. The second-order valence-electron chi connectivity index (χ2n) is 5.59. The Bertz CT molecular complexity index is 381. The van der Waals surface area contributed by atoms with Gasteiger partial charge in [0.15, 0.2) is 0 Å². The molecule has 2 heterocycles. The van der Waals surface area contributed by atoms with Crippen LogP contribution in [0.2, 0.25) is 0 Å². The summed E-state index contributed by atoms with van der Waals surface area (Å²) in [7, 11) is 0. The zero-order valence-corrected chi connectivity index (χ0v) is 11.9. The summed E-state index contributed by atoms with van der Waals surface area (Å²) in [6.45, 7) is 8.80. The first-order valence-corrected chi connectivity index (χ1v) is 7.29. The predicted octanol–water partition coefficient (Wildman–Crippen LogP) is 3.02. The number of piperidine rings is 1. The van der Waals surface area contributed by atoms with Crippen molar-refractivity contribution in [2.24, 2.45) is 0 Å². The van der Waals surface area contributed by atoms with Crippen molar-refractivity contribution in [3.8, 4) is 0 Å². The van der Waals surface area contributed by atoms with Crippen LogP contribution in [0.15, 0.2) is 6.07 Å². The van der Waals surface area contributed by atoms with Crippen molar-refractivity contribution in [1.29, 1.82) is 0 Å². The minimum Gasteiger partial charge on any atom is -0.316 e. The second-order valence-corrected chi connectivity index (χ2v) is 5.59. The summed E-state index contributed by atoms with van der Waals surface area (Å²) < 4.78 is 0. The topological polar surface area (TPSA) is 37.8 Å². The number of aromatic nitrogens is 2. The Morgan fingerprint density at radius 2 is 2.22 bits per heavy atom. The smallest absolute Gasteiger partial charge is 0.133 e. The maximum Gasteiger partial charge on any atom is 0.133 e. The zero-order chi connectivity index (χ0) is 13.0. The van der Waals surface area contributed by atoms with Crippen molar-refractivity contribution in [1.82, 2.24) is 15.3 Å². The second kappa shape index (κ2) is 6.28. The fraction of sp³-hybridized carbons (Fsp3) is 0.733. The van der Waals surface area contributed by atoms with Gasteiger partial charge in [-0.05, 0) is 37.8 Å². The van der Waals surface area contributed by atoms with E-state index in [0.29, 0.717) is 11.8 Å². The fourth-order valence-corrected chi connectivity index (χ4v) is 2.47. The molecular weight excluding hydrogens is 222 g/mol. The lowest BCUT2D eigenvalue weighted by Gasteiger charge is -2.22. The van der Waals surface area contributed by atoms with Gasteiger partial charge >= 0.3 is 0 Å². The standard InChI is InChI=1S/C15H25N3/c1-4-6-13-9-14(11(2)3)18-15(17-13)12-7-5-8-16-10-12/h9,11-12,16H,4-8,10H2,1-3H3. The Kier molecular flexibility index (Phi) is 4.70. The molecule has 0 radical (unpaired) electrons. The van der Waals surface area contributed by atoms with Crippen LogP contribution in [0.1, 0.15) is 69.1 Å². The van der Waals surface area contributed by atoms with Gasteiger partial charge in [0, 0.05) is 23.9 Å². The molecule has 1 saturated heterocycles. The molecule has 3 heteroatoms. The van der Waals surface area contributed by atoms with Gasteiger partial charge in [0.2, 0.25) is 0 Å². The number of hydrogen-bond acceptors (Lipinski definition) is 3. The van der Waals surface area contributed by atoms with E-state index in [9.17, 15) is 0 Å². The fourth-order valence-electron chi connectivity index (χ4n) is 2.47. The Morgan fingerprint density at radius 1 is 1.39 bits per heavy atom. The van der Waals surface area contributed by atoms with E-state index < -0.39 is 0 Å². The summed E-state index contributed by atoms with van der Waals surface area (Å²) in [5, 5.41) is 3.45. The van der Waals surface area contributed by atoms with Gasteiger partial charge in [-0.1, -0.05) is 27.2 Å². The summed E-state index contributed by atoms with van der Waals surface area (Å²) in [5.74, 6) is 2.06. The third kappa shape index (κ3) is 3.29. The highest BCUT2D eigenvalue weighted by Gasteiger charge is 2.19. The van der Waals surface area contributed by atoms with Crippen LogP contribution in [0, 0.1) is 0 Å². The minimum atomic E-state index is 0.485. The van der Waals surface area contributed by atoms with Crippen LogP contribution in [-0.2, 0) is 6.42 Å². The van der Waals surface area contributed by atoms with E-state index in [1.807, 2.05) is 0 Å². The van der Waals surface area contributed by atoms with Gasteiger partial charge in [-0.15, -0.1) is 0 Å². The molecule has 1 aromatic heterocycles. The molecule has 0 amide bonds. The molecule has 1 aromatic rings. The van der Waals surface area contributed by atoms with E-state index >= 15 is 0 Å². The quantitative estimate of drug-likeness (QED) is 0.888. The lowest BCUT2D eigenvalue weighted by molar-refractivity contribution is 0.443. The van der Waals surface area contributed by atoms with Crippen LogP contribution >= 0.6 is 0 Å². The largest absolute Gasteiger partial charge is 0.316 e. The van der Waals surface area contributed by atoms with Crippen molar-refractivity contribution < 1.29 is 0 Å². The molecule has 1 aliphatic rings. The zero-order valence-electron chi connectivity index (χ0n) is 11.9. The van der Waals surface area contributed by atoms with Crippen LogP contribution in [0.3, 0.4) is 0 Å².